The number of rotatable bonds is 3. The number of carbonyl (C=O) groups is 1. The second-order valence-corrected chi connectivity index (χ2v) is 6.95. The third-order valence-electron chi connectivity index (χ3n) is 4.74. The zero-order chi connectivity index (χ0) is 19.2. The average molecular weight is 354 g/mol. The van der Waals surface area contributed by atoms with Gasteiger partial charge in [-0.15, -0.1) is 0 Å². The Morgan fingerprint density at radius 1 is 1.08 bits per heavy atom. The molecule has 2 aromatic carbocycles. The van der Waals surface area contributed by atoms with Crippen LogP contribution in [0, 0.1) is 6.92 Å². The summed E-state index contributed by atoms with van der Waals surface area (Å²) in [5, 5.41) is 32.5. The van der Waals surface area contributed by atoms with Crippen LogP contribution in [0.4, 0.5) is 0 Å². The maximum atomic E-state index is 13.0. The molecule has 1 aliphatic carbocycles. The van der Waals surface area contributed by atoms with Gasteiger partial charge in [-0.2, -0.15) is 0 Å². The first-order chi connectivity index (χ1) is 12.2. The Labute approximate surface area is 152 Å². The molecule has 3 N–H and O–H groups in total. The topological polar surface area (TPSA) is 87.0 Å². The molecule has 0 amide bonds. The van der Waals surface area contributed by atoms with Gasteiger partial charge in [0.2, 0.25) is 5.78 Å². The minimum Gasteiger partial charge on any atom is -0.507 e. The van der Waals surface area contributed by atoms with Crippen LogP contribution in [0.5, 0.6) is 17.2 Å². The number of benzene rings is 2. The van der Waals surface area contributed by atoms with E-state index in [1.54, 1.807) is 19.1 Å². The fourth-order valence-corrected chi connectivity index (χ4v) is 3.46. The van der Waals surface area contributed by atoms with Gasteiger partial charge in [-0.1, -0.05) is 17.7 Å². The number of aliphatic hydroxyl groups is 1. The van der Waals surface area contributed by atoms with Crippen molar-refractivity contribution in [2.45, 2.75) is 32.8 Å². The molecule has 5 heteroatoms. The lowest BCUT2D eigenvalue weighted by Gasteiger charge is -2.36. The van der Waals surface area contributed by atoms with E-state index in [1.807, 2.05) is 19.9 Å². The van der Waals surface area contributed by atoms with E-state index in [-0.39, 0.29) is 34.6 Å². The molecule has 136 valence electrons. The van der Waals surface area contributed by atoms with E-state index in [0.29, 0.717) is 11.3 Å². The van der Waals surface area contributed by atoms with Crippen molar-refractivity contribution in [2.24, 2.45) is 0 Å². The molecule has 2 aromatic rings. The molecule has 0 heterocycles. The molecule has 1 atom stereocenters. The summed E-state index contributed by atoms with van der Waals surface area (Å²) in [6.07, 6.45) is 2.05. The summed E-state index contributed by atoms with van der Waals surface area (Å²) in [5.74, 6) is -0.674. The lowest BCUT2D eigenvalue weighted by molar-refractivity contribution is 0.0730. The van der Waals surface area contributed by atoms with Gasteiger partial charge in [-0.3, -0.25) is 4.79 Å². The number of phenols is 2. The van der Waals surface area contributed by atoms with Crippen LogP contribution in [0.3, 0.4) is 0 Å². The molecule has 0 unspecified atom stereocenters. The van der Waals surface area contributed by atoms with Crippen molar-refractivity contribution in [3.8, 4) is 17.2 Å². The number of carbonyl (C=O) groups excluding carboxylic acids is 1. The van der Waals surface area contributed by atoms with Gasteiger partial charge in [0.05, 0.1) is 18.2 Å². The van der Waals surface area contributed by atoms with Gasteiger partial charge in [0, 0.05) is 23.6 Å². The molecular weight excluding hydrogens is 332 g/mol. The van der Waals surface area contributed by atoms with Crippen LogP contribution in [0.25, 0.3) is 0 Å². The highest BCUT2D eigenvalue weighted by Gasteiger charge is 2.44. The number of fused-ring (bicyclic) bond motifs is 2. The zero-order valence-corrected chi connectivity index (χ0v) is 15.3. The van der Waals surface area contributed by atoms with Crippen LogP contribution >= 0.6 is 0 Å². The van der Waals surface area contributed by atoms with Gasteiger partial charge in [0.25, 0.3) is 0 Å². The molecule has 5 nitrogen and oxygen atoms in total. The Bertz CT molecular complexity index is 938. The first-order valence-corrected chi connectivity index (χ1v) is 8.35. The van der Waals surface area contributed by atoms with Gasteiger partial charge in [0.15, 0.2) is 0 Å². The van der Waals surface area contributed by atoms with E-state index < -0.39 is 11.4 Å². The van der Waals surface area contributed by atoms with Crippen LogP contribution in [0.1, 0.15) is 52.9 Å². The van der Waals surface area contributed by atoms with Crippen LogP contribution in [-0.2, 0) is 5.60 Å². The predicted molar refractivity (Wildman–Crippen MR) is 98.0 cm³/mol. The Balaban J connectivity index is 2.41. The van der Waals surface area contributed by atoms with Crippen LogP contribution in [-0.4, -0.2) is 28.2 Å². The fourth-order valence-electron chi connectivity index (χ4n) is 3.46. The molecule has 0 spiro atoms. The number of allylic oxidation sites excluding steroid dienone is 1. The van der Waals surface area contributed by atoms with E-state index >= 15 is 0 Å². The highest BCUT2D eigenvalue weighted by atomic mass is 16.5. The minimum atomic E-state index is -1.58. The molecule has 0 fully saturated rings. The Morgan fingerprint density at radius 3 is 2.23 bits per heavy atom. The van der Waals surface area contributed by atoms with Crippen LogP contribution < -0.4 is 4.74 Å². The lowest BCUT2D eigenvalue weighted by atomic mass is 9.71. The number of ketones is 1. The Kier molecular flexibility index (Phi) is 4.28. The molecule has 1 aliphatic rings. The number of aryl methyl sites for hydroxylation is 1. The summed E-state index contributed by atoms with van der Waals surface area (Å²) in [4.78, 5) is 13.0. The smallest absolute Gasteiger partial charge is 0.201 e. The average Bonchev–Trinajstić information content (AvgIpc) is 2.56. The first-order valence-electron chi connectivity index (χ1n) is 8.35. The van der Waals surface area contributed by atoms with E-state index in [2.05, 4.69) is 0 Å². The largest absolute Gasteiger partial charge is 0.507 e. The number of methoxy groups -OCH3 is 1. The second kappa shape index (κ2) is 6.18. The summed E-state index contributed by atoms with van der Waals surface area (Å²) in [6.45, 7) is 5.61. The van der Waals surface area contributed by atoms with Gasteiger partial charge in [-0.05, 0) is 38.5 Å². The fraction of sp³-hybridized carbons (Fsp3) is 0.286. The maximum Gasteiger partial charge on any atom is 0.201 e. The second-order valence-electron chi connectivity index (χ2n) is 6.95. The number of ether oxygens (including phenoxy) is 1. The van der Waals surface area contributed by atoms with Crippen molar-refractivity contribution in [1.82, 2.24) is 0 Å². The summed E-state index contributed by atoms with van der Waals surface area (Å²) in [7, 11) is 1.45. The first kappa shape index (κ1) is 18.0. The molecule has 0 radical (unpaired) electrons. The minimum absolute atomic E-state index is 0.0119. The molecule has 0 aromatic heterocycles. The molecule has 26 heavy (non-hydrogen) atoms. The molecule has 0 saturated heterocycles. The monoisotopic (exact) mass is 354 g/mol. The molecular formula is C21H22O5. The number of hydrogen-bond donors (Lipinski definition) is 3. The summed E-state index contributed by atoms with van der Waals surface area (Å²) in [6, 6.07) is 6.07. The van der Waals surface area contributed by atoms with Crippen molar-refractivity contribution in [3.63, 3.8) is 0 Å². The third kappa shape index (κ3) is 2.65. The highest BCUT2D eigenvalue weighted by molar-refractivity contribution is 6.16. The van der Waals surface area contributed by atoms with Crippen molar-refractivity contribution >= 4 is 5.78 Å². The Hall–Kier alpha value is -2.79. The number of phenolic OH excluding ortho intramolecular Hbond substituents is 2. The van der Waals surface area contributed by atoms with Crippen LogP contribution in [0.2, 0.25) is 0 Å². The quantitative estimate of drug-likeness (QED) is 0.734. The number of aromatic hydroxyl groups is 2. The SMILES string of the molecule is COc1cc(O)c2c(c1)[C@@](O)(CC=C(C)C)c1cc(C)cc(O)c1C2=O. The highest BCUT2D eigenvalue weighted by Crippen LogP contribution is 2.49. The summed E-state index contributed by atoms with van der Waals surface area (Å²) in [5.41, 5.74) is 0.760. The van der Waals surface area contributed by atoms with Gasteiger partial charge in [-0.25, -0.2) is 0 Å². The molecule has 0 bridgehead atoms. The van der Waals surface area contributed by atoms with E-state index in [0.717, 1.165) is 11.1 Å². The van der Waals surface area contributed by atoms with E-state index in [9.17, 15) is 20.1 Å². The maximum absolute atomic E-state index is 13.0. The van der Waals surface area contributed by atoms with E-state index in [1.165, 1.54) is 19.2 Å². The summed E-state index contributed by atoms with van der Waals surface area (Å²) >= 11 is 0. The lowest BCUT2D eigenvalue weighted by Crippen LogP contribution is -2.35. The van der Waals surface area contributed by atoms with E-state index in [4.69, 9.17) is 4.74 Å². The normalized spacial score (nSPS) is 18.1. The van der Waals surface area contributed by atoms with Crippen molar-refractivity contribution in [3.05, 3.63) is 63.7 Å². The van der Waals surface area contributed by atoms with Crippen molar-refractivity contribution in [1.29, 1.82) is 0 Å². The molecule has 3 rings (SSSR count). The Morgan fingerprint density at radius 2 is 1.65 bits per heavy atom. The summed E-state index contributed by atoms with van der Waals surface area (Å²) < 4.78 is 5.20. The molecule has 0 aliphatic heterocycles. The molecule has 0 saturated carbocycles. The third-order valence-corrected chi connectivity index (χ3v) is 4.74. The van der Waals surface area contributed by atoms with Gasteiger partial charge < -0.3 is 20.1 Å². The van der Waals surface area contributed by atoms with Gasteiger partial charge in [0.1, 0.15) is 22.8 Å². The standard InChI is InChI=1S/C21H22O5/c1-11(2)5-6-21(25)14-7-12(3)8-16(22)18(14)20(24)19-15(21)9-13(26-4)10-17(19)23/h5,7-10,22-23,25H,6H2,1-4H3/t21-/m1/s1. The van der Waals surface area contributed by atoms with Crippen molar-refractivity contribution in [2.75, 3.05) is 7.11 Å². The number of hydrogen-bond acceptors (Lipinski definition) is 5. The van der Waals surface area contributed by atoms with Crippen molar-refractivity contribution < 1.29 is 24.9 Å². The van der Waals surface area contributed by atoms with Crippen LogP contribution in [0.15, 0.2) is 35.9 Å². The van der Waals surface area contributed by atoms with Gasteiger partial charge >= 0.3 is 0 Å². The zero-order valence-electron chi connectivity index (χ0n) is 15.3. The predicted octanol–water partition coefficient (Wildman–Crippen LogP) is 3.55.